The summed E-state index contributed by atoms with van der Waals surface area (Å²) in [6.07, 6.45) is 4.96. The van der Waals surface area contributed by atoms with E-state index in [-0.39, 0.29) is 34.4 Å². The Hall–Kier alpha value is -6.22. The van der Waals surface area contributed by atoms with Crippen molar-refractivity contribution in [3.05, 3.63) is 142 Å². The van der Waals surface area contributed by atoms with E-state index < -0.39 is 15.9 Å². The Morgan fingerprint density at radius 2 is 1.61 bits per heavy atom. The molecule has 0 aliphatic carbocycles. The summed E-state index contributed by atoms with van der Waals surface area (Å²) in [7, 11) is 0.364. The molecule has 0 radical (unpaired) electrons. The fourth-order valence-electron chi connectivity index (χ4n) is 7.08. The SMILES string of the molecule is CC1CCN(S(=O)(=O)c2cccc(CNC(=O)c3cc4cc(O)ccc4cc3O)c2)CC1.CN(C)c1ccccc1NC(=O)CCCCc1ccc(/N=C(/N)c2cccs2)cc1. The maximum Gasteiger partial charge on any atom is 0.255 e. The number of piperidine rings is 1. The summed E-state index contributed by atoms with van der Waals surface area (Å²) in [6, 6.07) is 34.1. The van der Waals surface area contributed by atoms with Gasteiger partial charge < -0.3 is 31.5 Å². The Kier molecular flexibility index (Phi) is 15.4. The molecule has 6 aromatic rings. The number of nitrogens with one attached hydrogen (secondary N) is 2. The van der Waals surface area contributed by atoms with Gasteiger partial charge in [-0.3, -0.25) is 9.59 Å². The van der Waals surface area contributed by atoms with Crippen LogP contribution in [0, 0.1) is 5.92 Å². The van der Waals surface area contributed by atoms with Gasteiger partial charge in [-0.25, -0.2) is 13.4 Å². The summed E-state index contributed by atoms with van der Waals surface area (Å²) in [4.78, 5) is 32.6. The number of amidine groups is 1. The highest BCUT2D eigenvalue weighted by Gasteiger charge is 2.28. The first-order valence-electron chi connectivity index (χ1n) is 20.6. The van der Waals surface area contributed by atoms with Crippen LogP contribution in [0.25, 0.3) is 10.8 Å². The van der Waals surface area contributed by atoms with Gasteiger partial charge in [0.2, 0.25) is 15.9 Å². The number of benzene rings is 5. The molecule has 62 heavy (non-hydrogen) atoms. The number of aliphatic imine (C=N–C) groups is 1. The predicted molar refractivity (Wildman–Crippen MR) is 250 cm³/mol. The van der Waals surface area contributed by atoms with E-state index in [1.807, 2.05) is 72.9 Å². The lowest BCUT2D eigenvalue weighted by atomic mass is 10.0. The number of nitrogens with zero attached hydrogens (tertiary/aromatic N) is 3. The molecule has 2 amide bonds. The van der Waals surface area contributed by atoms with Crippen LogP contribution in [0.4, 0.5) is 17.1 Å². The minimum Gasteiger partial charge on any atom is -0.508 e. The number of unbranched alkanes of at least 4 members (excludes halogenated alkanes) is 1. The summed E-state index contributed by atoms with van der Waals surface area (Å²) in [5.74, 6) is 0.522. The molecule has 5 aromatic carbocycles. The van der Waals surface area contributed by atoms with E-state index in [1.165, 1.54) is 34.1 Å². The summed E-state index contributed by atoms with van der Waals surface area (Å²) in [5.41, 5.74) is 10.7. The van der Waals surface area contributed by atoms with Gasteiger partial charge in [-0.05, 0) is 132 Å². The minimum atomic E-state index is -3.58. The molecule has 0 unspecified atom stereocenters. The molecule has 14 heteroatoms. The quantitative estimate of drug-likeness (QED) is 0.0410. The van der Waals surface area contributed by atoms with E-state index in [0.717, 1.165) is 54.0 Å². The van der Waals surface area contributed by atoms with Crippen LogP contribution >= 0.6 is 11.3 Å². The molecule has 1 aromatic heterocycles. The van der Waals surface area contributed by atoms with E-state index in [4.69, 9.17) is 5.73 Å². The van der Waals surface area contributed by atoms with Crippen molar-refractivity contribution in [2.45, 2.75) is 56.9 Å². The van der Waals surface area contributed by atoms with Crippen molar-refractivity contribution in [2.24, 2.45) is 16.6 Å². The number of rotatable bonds is 14. The number of aryl methyl sites for hydroxylation is 1. The second-order valence-corrected chi connectivity index (χ2v) is 18.5. The number of fused-ring (bicyclic) bond motifs is 1. The highest BCUT2D eigenvalue weighted by Crippen LogP contribution is 2.29. The third kappa shape index (κ3) is 12.2. The number of aromatic hydroxyl groups is 2. The number of para-hydroxylation sites is 2. The first-order chi connectivity index (χ1) is 29.8. The molecule has 0 atom stereocenters. The zero-order valence-electron chi connectivity index (χ0n) is 35.3. The summed E-state index contributed by atoms with van der Waals surface area (Å²) < 4.78 is 27.5. The Morgan fingerprint density at radius 1 is 0.855 bits per heavy atom. The molecule has 0 saturated carbocycles. The average molecular weight is 875 g/mol. The Morgan fingerprint density at radius 3 is 2.34 bits per heavy atom. The first-order valence-corrected chi connectivity index (χ1v) is 22.9. The van der Waals surface area contributed by atoms with Crippen LogP contribution in [0.3, 0.4) is 0 Å². The molecule has 1 aliphatic rings. The van der Waals surface area contributed by atoms with Crippen LogP contribution in [0.5, 0.6) is 11.5 Å². The van der Waals surface area contributed by atoms with Crippen LogP contribution in [0.1, 0.15) is 65.4 Å². The van der Waals surface area contributed by atoms with Gasteiger partial charge in [0.15, 0.2) is 0 Å². The van der Waals surface area contributed by atoms with E-state index in [9.17, 15) is 28.2 Å². The van der Waals surface area contributed by atoms with E-state index >= 15 is 0 Å². The average Bonchev–Trinajstić information content (AvgIpc) is 3.81. The van der Waals surface area contributed by atoms with Crippen molar-refractivity contribution in [3.63, 3.8) is 0 Å². The van der Waals surface area contributed by atoms with Crippen LogP contribution in [0.15, 0.2) is 131 Å². The topological polar surface area (TPSA) is 178 Å². The highest BCUT2D eigenvalue weighted by atomic mass is 32.2. The summed E-state index contributed by atoms with van der Waals surface area (Å²) in [6.45, 7) is 3.27. The molecule has 2 heterocycles. The Bertz CT molecular complexity index is 2610. The second kappa shape index (κ2) is 21.0. The van der Waals surface area contributed by atoms with Crippen molar-refractivity contribution >= 4 is 66.8 Å². The molecule has 6 N–H and O–H groups in total. The molecular weight excluding hydrogens is 821 g/mol. The number of phenols is 2. The van der Waals surface area contributed by atoms with Gasteiger partial charge in [0, 0.05) is 40.2 Å². The first kappa shape index (κ1) is 45.3. The van der Waals surface area contributed by atoms with Crippen LogP contribution in [0.2, 0.25) is 0 Å². The van der Waals surface area contributed by atoms with Crippen molar-refractivity contribution in [3.8, 4) is 11.5 Å². The monoisotopic (exact) mass is 874 g/mol. The summed E-state index contributed by atoms with van der Waals surface area (Å²) >= 11 is 1.58. The van der Waals surface area contributed by atoms with Gasteiger partial charge in [-0.2, -0.15) is 4.31 Å². The zero-order valence-corrected chi connectivity index (χ0v) is 36.9. The Labute approximate surface area is 367 Å². The standard InChI is InChI=1S/C24H28N4OS.C24H26N2O5S/c1-28(2)21-10-5-4-9-20(21)27-23(29)12-6-3-8-18-13-15-19(16-14-18)26-24(25)22-11-7-17-30-22;1-16-7-9-26(10-8-16)32(30,31)21-4-2-3-17(11-21)15-25-24(29)22-13-19-12-20(27)6-5-18(19)14-23(22)28/h4-5,7,9-11,13-17H,3,6,8,12H2,1-2H3,(H2,25,26)(H,27,29);2-6,11-14,16,27-28H,7-10,15H2,1H3,(H,25,29). The molecule has 324 valence electrons. The van der Waals surface area contributed by atoms with Crippen molar-refractivity contribution < 1.29 is 28.2 Å². The number of sulfonamides is 1. The lowest BCUT2D eigenvalue weighted by Crippen LogP contribution is -2.37. The number of carbonyl (C=O) groups excluding carboxylic acids is 2. The lowest BCUT2D eigenvalue weighted by molar-refractivity contribution is -0.116. The largest absolute Gasteiger partial charge is 0.508 e. The van der Waals surface area contributed by atoms with Gasteiger partial charge in [-0.1, -0.05) is 55.5 Å². The predicted octanol–water partition coefficient (Wildman–Crippen LogP) is 8.80. The molecule has 1 fully saturated rings. The molecule has 0 bridgehead atoms. The normalized spacial score (nSPS) is 13.6. The van der Waals surface area contributed by atoms with Gasteiger partial charge in [0.05, 0.1) is 32.4 Å². The number of carbonyl (C=O) groups is 2. The van der Waals surface area contributed by atoms with Crippen molar-refractivity contribution in [1.29, 1.82) is 0 Å². The fourth-order valence-corrected chi connectivity index (χ4v) is 9.24. The van der Waals surface area contributed by atoms with Gasteiger partial charge in [0.25, 0.3) is 5.91 Å². The third-order valence-electron chi connectivity index (χ3n) is 10.7. The van der Waals surface area contributed by atoms with E-state index in [0.29, 0.717) is 47.6 Å². The number of hydrogen-bond acceptors (Lipinski definition) is 9. The zero-order chi connectivity index (χ0) is 44.2. The van der Waals surface area contributed by atoms with Crippen LogP contribution in [-0.4, -0.2) is 67.8 Å². The number of amides is 2. The van der Waals surface area contributed by atoms with Gasteiger partial charge in [0.1, 0.15) is 17.3 Å². The van der Waals surface area contributed by atoms with Crippen molar-refractivity contribution in [2.75, 3.05) is 37.4 Å². The lowest BCUT2D eigenvalue weighted by Gasteiger charge is -2.29. The number of anilines is 2. The summed E-state index contributed by atoms with van der Waals surface area (Å²) in [5, 5.41) is 29.0. The highest BCUT2D eigenvalue weighted by molar-refractivity contribution is 7.89. The molecular formula is C48H54N6O6S2. The van der Waals surface area contributed by atoms with Crippen LogP contribution < -0.4 is 21.3 Å². The fraction of sp³-hybridized carbons (Fsp3) is 0.271. The molecule has 7 rings (SSSR count). The molecule has 1 saturated heterocycles. The Balaban J connectivity index is 0.000000207. The maximum absolute atomic E-state index is 13.0. The van der Waals surface area contributed by atoms with Gasteiger partial charge in [-0.15, -0.1) is 11.3 Å². The molecule has 1 aliphatic heterocycles. The van der Waals surface area contributed by atoms with E-state index in [2.05, 4.69) is 34.7 Å². The third-order valence-corrected chi connectivity index (χ3v) is 13.4. The van der Waals surface area contributed by atoms with E-state index in [1.54, 1.807) is 41.7 Å². The number of thiophene rings is 1. The maximum atomic E-state index is 13.0. The molecule has 0 spiro atoms. The minimum absolute atomic E-state index is 0.0537. The smallest absolute Gasteiger partial charge is 0.255 e. The van der Waals surface area contributed by atoms with Crippen molar-refractivity contribution in [1.82, 2.24) is 9.62 Å². The number of nitrogens with two attached hydrogens (primary N) is 1. The molecule has 12 nitrogen and oxygen atoms in total. The van der Waals surface area contributed by atoms with Gasteiger partial charge >= 0.3 is 0 Å². The number of hydrogen-bond donors (Lipinski definition) is 5. The second-order valence-electron chi connectivity index (χ2n) is 15.6. The van der Waals surface area contributed by atoms with Crippen LogP contribution in [-0.2, 0) is 27.8 Å². The number of phenolic OH excluding ortho intramolecular Hbond substituents is 2.